The summed E-state index contributed by atoms with van der Waals surface area (Å²) in [6, 6.07) is 7.71. The molecular weight excluding hydrogens is 240 g/mol. The van der Waals surface area contributed by atoms with Crippen LogP contribution in [0.15, 0.2) is 24.3 Å². The van der Waals surface area contributed by atoms with Gasteiger partial charge in [-0.15, -0.1) is 0 Å². The summed E-state index contributed by atoms with van der Waals surface area (Å²) in [5, 5.41) is 0. The van der Waals surface area contributed by atoms with Crippen molar-refractivity contribution in [3.63, 3.8) is 0 Å². The summed E-state index contributed by atoms with van der Waals surface area (Å²) in [7, 11) is 1.83. The lowest BCUT2D eigenvalue weighted by molar-refractivity contribution is 0.0587. The summed E-state index contributed by atoms with van der Waals surface area (Å²) < 4.78 is 5.56. The molecule has 0 aliphatic carbocycles. The third-order valence-corrected chi connectivity index (χ3v) is 3.46. The van der Waals surface area contributed by atoms with E-state index in [2.05, 4.69) is 0 Å². The molecule has 0 spiro atoms. The normalized spacial score (nSPS) is 18.5. The summed E-state index contributed by atoms with van der Waals surface area (Å²) in [4.78, 5) is 14.1. The Hall–Kier alpha value is -1.39. The molecule has 4 heteroatoms. The van der Waals surface area contributed by atoms with Crippen LogP contribution in [-0.4, -0.2) is 43.7 Å². The predicted molar refractivity (Wildman–Crippen MR) is 75.1 cm³/mol. The van der Waals surface area contributed by atoms with E-state index in [9.17, 15) is 4.79 Å². The topological polar surface area (TPSA) is 55.6 Å². The first-order valence-corrected chi connectivity index (χ1v) is 6.87. The van der Waals surface area contributed by atoms with Crippen molar-refractivity contribution in [3.05, 3.63) is 35.4 Å². The first-order valence-electron chi connectivity index (χ1n) is 6.87. The Balaban J connectivity index is 1.99. The molecule has 1 aromatic rings. The molecule has 19 heavy (non-hydrogen) atoms. The van der Waals surface area contributed by atoms with Crippen molar-refractivity contribution in [1.82, 2.24) is 4.90 Å². The maximum absolute atomic E-state index is 12.3. The van der Waals surface area contributed by atoms with Gasteiger partial charge in [0.05, 0.1) is 6.10 Å². The van der Waals surface area contributed by atoms with Gasteiger partial charge in [0.15, 0.2) is 0 Å². The smallest absolute Gasteiger partial charge is 0.253 e. The van der Waals surface area contributed by atoms with Crippen LogP contribution in [0, 0.1) is 0 Å². The molecule has 1 amide bonds. The first-order chi connectivity index (χ1) is 9.20. The van der Waals surface area contributed by atoms with Crippen molar-refractivity contribution in [3.8, 4) is 0 Å². The van der Waals surface area contributed by atoms with Gasteiger partial charge in [-0.1, -0.05) is 12.1 Å². The standard InChI is InChI=1S/C15H22N2O2/c1-17(11-14-6-3-9-19-14)15(18)13-5-2-4-12(10-13)7-8-16/h2,4-5,10,14H,3,6-9,11,16H2,1H3. The highest BCUT2D eigenvalue weighted by Crippen LogP contribution is 2.14. The number of carbonyl (C=O) groups excluding carboxylic acids is 1. The molecule has 0 bridgehead atoms. The predicted octanol–water partition coefficient (Wildman–Crippen LogP) is 1.44. The number of rotatable bonds is 5. The molecule has 1 atom stereocenters. The second-order valence-electron chi connectivity index (χ2n) is 5.06. The number of hydrogen-bond donors (Lipinski definition) is 1. The van der Waals surface area contributed by atoms with Crippen LogP contribution in [0.5, 0.6) is 0 Å². The minimum absolute atomic E-state index is 0.0503. The van der Waals surface area contributed by atoms with E-state index >= 15 is 0 Å². The van der Waals surface area contributed by atoms with Crippen LogP contribution in [0.2, 0.25) is 0 Å². The Bertz CT molecular complexity index is 428. The van der Waals surface area contributed by atoms with Gasteiger partial charge in [-0.25, -0.2) is 0 Å². The zero-order valence-electron chi connectivity index (χ0n) is 11.5. The Morgan fingerprint density at radius 2 is 2.37 bits per heavy atom. The van der Waals surface area contributed by atoms with Crippen LogP contribution in [0.25, 0.3) is 0 Å². The summed E-state index contributed by atoms with van der Waals surface area (Å²) in [5.74, 6) is 0.0503. The molecule has 0 radical (unpaired) electrons. The Labute approximate surface area is 114 Å². The van der Waals surface area contributed by atoms with Crippen LogP contribution in [0.4, 0.5) is 0 Å². The van der Waals surface area contributed by atoms with Crippen molar-refractivity contribution in [2.24, 2.45) is 5.73 Å². The van der Waals surface area contributed by atoms with Crippen molar-refractivity contribution in [1.29, 1.82) is 0 Å². The minimum atomic E-state index is 0.0503. The molecule has 1 saturated heterocycles. The number of carbonyl (C=O) groups is 1. The monoisotopic (exact) mass is 262 g/mol. The third-order valence-electron chi connectivity index (χ3n) is 3.46. The Kier molecular flexibility index (Phi) is 4.93. The van der Waals surface area contributed by atoms with Crippen LogP contribution < -0.4 is 5.73 Å². The molecule has 1 aromatic carbocycles. The van der Waals surface area contributed by atoms with E-state index in [-0.39, 0.29) is 12.0 Å². The maximum atomic E-state index is 12.3. The van der Waals surface area contributed by atoms with Gasteiger partial charge in [-0.05, 0) is 43.5 Å². The zero-order chi connectivity index (χ0) is 13.7. The van der Waals surface area contributed by atoms with Gasteiger partial charge in [0.1, 0.15) is 0 Å². The molecule has 2 rings (SSSR count). The van der Waals surface area contributed by atoms with Crippen LogP contribution in [0.1, 0.15) is 28.8 Å². The highest BCUT2D eigenvalue weighted by Gasteiger charge is 2.20. The van der Waals surface area contributed by atoms with Gasteiger partial charge in [-0.2, -0.15) is 0 Å². The molecule has 2 N–H and O–H groups in total. The second-order valence-corrected chi connectivity index (χ2v) is 5.06. The summed E-state index contributed by atoms with van der Waals surface area (Å²) in [6.45, 7) is 2.09. The lowest BCUT2D eigenvalue weighted by Gasteiger charge is -2.21. The summed E-state index contributed by atoms with van der Waals surface area (Å²) >= 11 is 0. The highest BCUT2D eigenvalue weighted by molar-refractivity contribution is 5.94. The van der Waals surface area contributed by atoms with E-state index in [1.807, 2.05) is 31.3 Å². The lowest BCUT2D eigenvalue weighted by atomic mass is 10.1. The molecule has 1 aliphatic heterocycles. The lowest BCUT2D eigenvalue weighted by Crippen LogP contribution is -2.34. The van der Waals surface area contributed by atoms with Crippen molar-refractivity contribution in [2.45, 2.75) is 25.4 Å². The molecule has 1 aliphatic rings. The van der Waals surface area contributed by atoms with E-state index in [4.69, 9.17) is 10.5 Å². The third kappa shape index (κ3) is 3.78. The number of nitrogens with zero attached hydrogens (tertiary/aromatic N) is 1. The fourth-order valence-electron chi connectivity index (χ4n) is 2.42. The van der Waals surface area contributed by atoms with E-state index in [1.54, 1.807) is 4.90 Å². The minimum Gasteiger partial charge on any atom is -0.376 e. The van der Waals surface area contributed by atoms with E-state index in [1.165, 1.54) is 0 Å². The molecular formula is C15H22N2O2. The highest BCUT2D eigenvalue weighted by atomic mass is 16.5. The van der Waals surface area contributed by atoms with E-state index < -0.39 is 0 Å². The molecule has 104 valence electrons. The maximum Gasteiger partial charge on any atom is 0.253 e. The number of amides is 1. The van der Waals surface area contributed by atoms with Crippen LogP contribution >= 0.6 is 0 Å². The van der Waals surface area contributed by atoms with Gasteiger partial charge >= 0.3 is 0 Å². The van der Waals surface area contributed by atoms with Gasteiger partial charge in [0, 0.05) is 25.8 Å². The van der Waals surface area contributed by atoms with Gasteiger partial charge < -0.3 is 15.4 Å². The molecule has 0 aromatic heterocycles. The second kappa shape index (κ2) is 6.68. The largest absolute Gasteiger partial charge is 0.376 e. The van der Waals surface area contributed by atoms with Crippen LogP contribution in [0.3, 0.4) is 0 Å². The van der Waals surface area contributed by atoms with Gasteiger partial charge in [0.25, 0.3) is 5.91 Å². The molecule has 4 nitrogen and oxygen atoms in total. The Morgan fingerprint density at radius 1 is 1.53 bits per heavy atom. The summed E-state index contributed by atoms with van der Waals surface area (Å²) in [5.41, 5.74) is 7.38. The first kappa shape index (κ1) is 14.0. The fourth-order valence-corrected chi connectivity index (χ4v) is 2.42. The van der Waals surface area contributed by atoms with Gasteiger partial charge in [-0.3, -0.25) is 4.79 Å². The quantitative estimate of drug-likeness (QED) is 0.873. The number of likely N-dealkylation sites (N-methyl/N-ethyl adjacent to an activating group) is 1. The summed E-state index contributed by atoms with van der Waals surface area (Å²) in [6.07, 6.45) is 3.14. The number of benzene rings is 1. The fraction of sp³-hybridized carbons (Fsp3) is 0.533. The van der Waals surface area contributed by atoms with Crippen LogP contribution in [-0.2, 0) is 11.2 Å². The average Bonchev–Trinajstić information content (AvgIpc) is 2.91. The zero-order valence-corrected chi connectivity index (χ0v) is 11.5. The Morgan fingerprint density at radius 3 is 3.05 bits per heavy atom. The number of ether oxygens (including phenoxy) is 1. The molecule has 1 fully saturated rings. The molecule has 1 unspecified atom stereocenters. The van der Waals surface area contributed by atoms with Crippen molar-refractivity contribution in [2.75, 3.05) is 26.7 Å². The van der Waals surface area contributed by atoms with Crippen molar-refractivity contribution >= 4 is 5.91 Å². The van der Waals surface area contributed by atoms with E-state index in [0.717, 1.165) is 37.0 Å². The SMILES string of the molecule is CN(CC1CCCO1)C(=O)c1cccc(CCN)c1. The molecule has 1 heterocycles. The van der Waals surface area contributed by atoms with E-state index in [0.29, 0.717) is 13.1 Å². The van der Waals surface area contributed by atoms with Gasteiger partial charge in [0.2, 0.25) is 0 Å². The number of nitrogens with two attached hydrogens (primary N) is 1. The average molecular weight is 262 g/mol. The van der Waals surface area contributed by atoms with Crippen molar-refractivity contribution < 1.29 is 9.53 Å². The molecule has 0 saturated carbocycles. The number of hydrogen-bond acceptors (Lipinski definition) is 3.